The topological polar surface area (TPSA) is 20.3 Å². The highest BCUT2D eigenvalue weighted by Gasteiger charge is 2.43. The fourth-order valence-corrected chi connectivity index (χ4v) is 6.54. The highest BCUT2D eigenvalue weighted by molar-refractivity contribution is 7.80. The van der Waals surface area contributed by atoms with E-state index >= 15 is 0 Å². The van der Waals surface area contributed by atoms with Gasteiger partial charge in [-0.3, -0.25) is 9.69 Å². The van der Waals surface area contributed by atoms with E-state index in [-0.39, 0.29) is 11.7 Å². The molecule has 0 radical (unpaired) electrons. The van der Waals surface area contributed by atoms with Crippen molar-refractivity contribution in [3.8, 4) is 11.1 Å². The van der Waals surface area contributed by atoms with Crippen LogP contribution in [0.15, 0.2) is 48.5 Å². The Balaban J connectivity index is 1.95. The molecule has 4 rings (SSSR count). The van der Waals surface area contributed by atoms with Gasteiger partial charge in [-0.2, -0.15) is 0 Å². The number of amides is 1. The standard InChI is InChI=1S/C19H14FNOS3/c1-19(2)16-15(18(23)25-24-16)13-5-3-4-6-14(13)21(19)17(22)11-7-9-12(20)10-8-11/h3-10H,1-2H3. The lowest BCUT2D eigenvalue weighted by Gasteiger charge is -2.43. The van der Waals surface area contributed by atoms with Crippen LogP contribution in [0, 0.1) is 9.64 Å². The number of halogens is 1. The molecule has 2 aromatic carbocycles. The molecule has 6 heteroatoms. The number of rotatable bonds is 1. The first kappa shape index (κ1) is 16.6. The first-order chi connectivity index (χ1) is 11.9. The lowest BCUT2D eigenvalue weighted by Crippen LogP contribution is -2.47. The molecule has 0 atom stereocenters. The lowest BCUT2D eigenvalue weighted by molar-refractivity contribution is 0.0961. The molecule has 0 spiro atoms. The summed E-state index contributed by atoms with van der Waals surface area (Å²) in [6.45, 7) is 4.06. The van der Waals surface area contributed by atoms with E-state index in [1.807, 2.05) is 38.1 Å². The lowest BCUT2D eigenvalue weighted by atomic mass is 9.87. The third kappa shape index (κ3) is 2.47. The zero-order chi connectivity index (χ0) is 17.8. The highest BCUT2D eigenvalue weighted by Crippen LogP contribution is 2.52. The van der Waals surface area contributed by atoms with Crippen LogP contribution in [0.2, 0.25) is 0 Å². The molecule has 1 aliphatic rings. The van der Waals surface area contributed by atoms with E-state index in [1.54, 1.807) is 25.6 Å². The number of carbonyl (C=O) groups excluding carboxylic acids is 1. The van der Waals surface area contributed by atoms with Gasteiger partial charge in [0, 0.05) is 16.7 Å². The summed E-state index contributed by atoms with van der Waals surface area (Å²) in [6, 6.07) is 13.5. The van der Waals surface area contributed by atoms with Crippen LogP contribution in [-0.2, 0) is 5.54 Å². The van der Waals surface area contributed by atoms with Crippen molar-refractivity contribution in [1.82, 2.24) is 0 Å². The average Bonchev–Trinajstić information content (AvgIpc) is 2.98. The Kier molecular flexibility index (Phi) is 3.86. The Labute approximate surface area is 157 Å². The molecule has 0 aliphatic carbocycles. The fraction of sp³-hybridized carbons (Fsp3) is 0.158. The molecule has 25 heavy (non-hydrogen) atoms. The SMILES string of the molecule is CC1(C)c2ssc(=S)c2-c2ccccc2N1C(=O)c1ccc(F)cc1. The van der Waals surface area contributed by atoms with E-state index in [4.69, 9.17) is 12.2 Å². The van der Waals surface area contributed by atoms with Crippen LogP contribution in [0.1, 0.15) is 29.1 Å². The average molecular weight is 388 g/mol. The summed E-state index contributed by atoms with van der Waals surface area (Å²) in [5, 5.41) is 0. The summed E-state index contributed by atoms with van der Waals surface area (Å²) in [5.74, 6) is -0.500. The first-order valence-corrected chi connectivity index (χ1v) is 10.3. The van der Waals surface area contributed by atoms with Crippen LogP contribution < -0.4 is 4.90 Å². The van der Waals surface area contributed by atoms with Crippen LogP contribution in [0.4, 0.5) is 10.1 Å². The maximum atomic E-state index is 13.3. The number of benzene rings is 2. The van der Waals surface area contributed by atoms with Gasteiger partial charge in [0.15, 0.2) is 0 Å². The molecular formula is C19H14FNOS3. The van der Waals surface area contributed by atoms with Crippen LogP contribution in [0.25, 0.3) is 11.1 Å². The molecule has 0 fully saturated rings. The largest absolute Gasteiger partial charge is 0.297 e. The predicted octanol–water partition coefficient (Wildman–Crippen LogP) is 6.24. The molecule has 0 saturated carbocycles. The number of hydrogen-bond donors (Lipinski definition) is 0. The van der Waals surface area contributed by atoms with Gasteiger partial charge in [0.25, 0.3) is 5.91 Å². The number of para-hydroxylation sites is 1. The first-order valence-electron chi connectivity index (χ1n) is 7.74. The molecule has 3 aromatic rings. The van der Waals surface area contributed by atoms with Gasteiger partial charge in [-0.25, -0.2) is 4.39 Å². The van der Waals surface area contributed by atoms with E-state index in [0.717, 1.165) is 25.5 Å². The van der Waals surface area contributed by atoms with Crippen molar-refractivity contribution in [1.29, 1.82) is 0 Å². The van der Waals surface area contributed by atoms with Gasteiger partial charge in [0.05, 0.1) is 16.1 Å². The minimum absolute atomic E-state index is 0.146. The van der Waals surface area contributed by atoms with Gasteiger partial charge in [0.2, 0.25) is 0 Å². The highest BCUT2D eigenvalue weighted by atomic mass is 32.9. The summed E-state index contributed by atoms with van der Waals surface area (Å²) in [6.07, 6.45) is 0. The van der Waals surface area contributed by atoms with Gasteiger partial charge in [-0.1, -0.05) is 51.1 Å². The van der Waals surface area contributed by atoms with E-state index in [2.05, 4.69) is 0 Å². The predicted molar refractivity (Wildman–Crippen MR) is 105 cm³/mol. The smallest absolute Gasteiger partial charge is 0.259 e. The molecule has 0 N–H and O–H groups in total. The molecule has 126 valence electrons. The van der Waals surface area contributed by atoms with E-state index in [9.17, 15) is 9.18 Å². The van der Waals surface area contributed by atoms with Gasteiger partial charge >= 0.3 is 0 Å². The number of nitrogens with zero attached hydrogens (tertiary/aromatic N) is 1. The van der Waals surface area contributed by atoms with Crippen molar-refractivity contribution in [2.24, 2.45) is 0 Å². The maximum Gasteiger partial charge on any atom is 0.259 e. The van der Waals surface area contributed by atoms with Gasteiger partial charge in [-0.15, -0.1) is 0 Å². The molecular weight excluding hydrogens is 373 g/mol. The summed E-state index contributed by atoms with van der Waals surface area (Å²) in [7, 11) is 3.19. The normalized spacial score (nSPS) is 14.8. The van der Waals surface area contributed by atoms with Crippen molar-refractivity contribution in [2.45, 2.75) is 19.4 Å². The summed E-state index contributed by atoms with van der Waals surface area (Å²) in [5.41, 5.74) is 2.81. The second-order valence-electron chi connectivity index (χ2n) is 6.38. The summed E-state index contributed by atoms with van der Waals surface area (Å²) >= 11 is 5.55. The second-order valence-corrected chi connectivity index (χ2v) is 9.20. The van der Waals surface area contributed by atoms with Crippen molar-refractivity contribution >= 4 is 44.5 Å². The Morgan fingerprint density at radius 1 is 1.08 bits per heavy atom. The van der Waals surface area contributed by atoms with Gasteiger partial charge in [0.1, 0.15) is 9.64 Å². The van der Waals surface area contributed by atoms with Crippen molar-refractivity contribution in [3.63, 3.8) is 0 Å². The zero-order valence-electron chi connectivity index (χ0n) is 13.6. The van der Waals surface area contributed by atoms with Crippen molar-refractivity contribution in [2.75, 3.05) is 4.90 Å². The monoisotopic (exact) mass is 387 g/mol. The van der Waals surface area contributed by atoms with Crippen molar-refractivity contribution in [3.05, 3.63) is 68.6 Å². The Morgan fingerprint density at radius 3 is 2.48 bits per heavy atom. The number of hydrogen-bond acceptors (Lipinski definition) is 4. The van der Waals surface area contributed by atoms with E-state index in [1.165, 1.54) is 24.3 Å². The van der Waals surface area contributed by atoms with Gasteiger partial charge < -0.3 is 0 Å². The molecule has 1 amide bonds. The number of carbonyl (C=O) groups is 1. The van der Waals surface area contributed by atoms with Crippen molar-refractivity contribution < 1.29 is 9.18 Å². The van der Waals surface area contributed by atoms with Crippen LogP contribution in [0.5, 0.6) is 0 Å². The Morgan fingerprint density at radius 2 is 1.76 bits per heavy atom. The molecule has 1 aliphatic heterocycles. The maximum absolute atomic E-state index is 13.3. The summed E-state index contributed by atoms with van der Waals surface area (Å²) in [4.78, 5) is 16.2. The molecule has 0 saturated heterocycles. The van der Waals surface area contributed by atoms with Crippen LogP contribution >= 0.6 is 32.9 Å². The zero-order valence-corrected chi connectivity index (χ0v) is 16.0. The third-order valence-corrected chi connectivity index (χ3v) is 7.78. The molecule has 0 unspecified atom stereocenters. The third-order valence-electron chi connectivity index (χ3n) is 4.46. The van der Waals surface area contributed by atoms with E-state index < -0.39 is 5.54 Å². The summed E-state index contributed by atoms with van der Waals surface area (Å²) < 4.78 is 14.1. The number of anilines is 1. The fourth-order valence-electron chi connectivity index (χ4n) is 3.26. The molecule has 1 aromatic heterocycles. The minimum atomic E-state index is -0.534. The molecule has 0 bridgehead atoms. The van der Waals surface area contributed by atoms with Crippen LogP contribution in [-0.4, -0.2) is 5.91 Å². The van der Waals surface area contributed by atoms with Crippen LogP contribution in [0.3, 0.4) is 0 Å². The quantitative estimate of drug-likeness (QED) is 0.364. The Hall–Kier alpha value is -1.89. The molecule has 2 heterocycles. The Bertz CT molecular complexity index is 1030. The second kappa shape index (κ2) is 5.83. The molecule has 2 nitrogen and oxygen atoms in total. The van der Waals surface area contributed by atoms with Gasteiger partial charge in [-0.05, 0) is 44.2 Å². The minimum Gasteiger partial charge on any atom is -0.297 e. The number of fused-ring (bicyclic) bond motifs is 3. The van der Waals surface area contributed by atoms with E-state index in [0.29, 0.717) is 5.56 Å².